The molecule has 2 N–H and O–H groups in total. The molecule has 3 nitrogen and oxygen atoms in total. The molecule has 66 valence electrons. The van der Waals surface area contributed by atoms with Crippen LogP contribution in [0, 0.1) is 0 Å². The van der Waals surface area contributed by atoms with Crippen LogP contribution in [0.2, 0.25) is 0 Å². The quantitative estimate of drug-likeness (QED) is 0.572. The molecule has 1 aliphatic carbocycles. The summed E-state index contributed by atoms with van der Waals surface area (Å²) in [7, 11) is 0. The Morgan fingerprint density at radius 2 is 2.33 bits per heavy atom. The fraction of sp³-hybridized carbons (Fsp3) is 0.556. The molecule has 12 heavy (non-hydrogen) atoms. The van der Waals surface area contributed by atoms with Crippen molar-refractivity contribution in [3.8, 4) is 0 Å². The minimum Gasteiger partial charge on any atom is -0.512 e. The number of hydrogen-bond acceptors (Lipinski definition) is 3. The monoisotopic (exact) mass is 168 g/mol. The van der Waals surface area contributed by atoms with Crippen LogP contribution in [-0.2, 0) is 4.74 Å². The van der Waals surface area contributed by atoms with Gasteiger partial charge in [0.2, 0.25) is 0 Å². The van der Waals surface area contributed by atoms with Gasteiger partial charge in [-0.1, -0.05) is 6.08 Å². The van der Waals surface area contributed by atoms with Crippen molar-refractivity contribution < 1.29 is 14.9 Å². The Bertz CT molecular complexity index is 265. The number of allylic oxidation sites excluding steroid dienone is 2. The predicted molar refractivity (Wildman–Crippen MR) is 43.5 cm³/mol. The van der Waals surface area contributed by atoms with Crippen molar-refractivity contribution in [1.29, 1.82) is 0 Å². The van der Waals surface area contributed by atoms with Crippen molar-refractivity contribution in [3.63, 3.8) is 0 Å². The summed E-state index contributed by atoms with van der Waals surface area (Å²) in [5.74, 6) is 0.282. The number of rotatable bonds is 0. The van der Waals surface area contributed by atoms with Crippen molar-refractivity contribution in [2.75, 3.05) is 0 Å². The second-order valence-electron chi connectivity index (χ2n) is 3.19. The van der Waals surface area contributed by atoms with Gasteiger partial charge in [-0.3, -0.25) is 0 Å². The van der Waals surface area contributed by atoms with Crippen molar-refractivity contribution in [2.24, 2.45) is 0 Å². The van der Waals surface area contributed by atoms with Crippen LogP contribution in [0.15, 0.2) is 23.0 Å². The third-order valence-corrected chi connectivity index (χ3v) is 2.39. The molecule has 0 radical (unpaired) electrons. The first-order valence-corrected chi connectivity index (χ1v) is 4.16. The maximum absolute atomic E-state index is 9.47. The highest BCUT2D eigenvalue weighted by atomic mass is 16.6. The Labute approximate surface area is 71.0 Å². The first kappa shape index (κ1) is 7.83. The lowest BCUT2D eigenvalue weighted by Gasteiger charge is -2.12. The third-order valence-electron chi connectivity index (χ3n) is 2.39. The fourth-order valence-electron chi connectivity index (χ4n) is 1.78. The average Bonchev–Trinajstić information content (AvgIpc) is 2.29. The second-order valence-corrected chi connectivity index (χ2v) is 3.19. The second kappa shape index (κ2) is 2.61. The van der Waals surface area contributed by atoms with E-state index in [0.717, 1.165) is 12.0 Å². The first-order valence-electron chi connectivity index (χ1n) is 4.16. The lowest BCUT2D eigenvalue weighted by molar-refractivity contribution is -0.0678. The highest BCUT2D eigenvalue weighted by Crippen LogP contribution is 2.36. The van der Waals surface area contributed by atoms with E-state index in [9.17, 15) is 10.2 Å². The summed E-state index contributed by atoms with van der Waals surface area (Å²) in [5.41, 5.74) is 1.54. The topological polar surface area (TPSA) is 49.7 Å². The SMILES string of the molecule is CC1OC(O)C2=C(O)CCC=C21. The molecule has 1 saturated heterocycles. The molecule has 1 heterocycles. The van der Waals surface area contributed by atoms with Crippen molar-refractivity contribution in [3.05, 3.63) is 23.0 Å². The van der Waals surface area contributed by atoms with Crippen LogP contribution in [0.25, 0.3) is 0 Å². The van der Waals surface area contributed by atoms with Gasteiger partial charge < -0.3 is 14.9 Å². The van der Waals surface area contributed by atoms with Gasteiger partial charge in [-0.25, -0.2) is 0 Å². The van der Waals surface area contributed by atoms with Gasteiger partial charge in [0.1, 0.15) is 5.76 Å². The van der Waals surface area contributed by atoms with Crippen LogP contribution >= 0.6 is 0 Å². The third kappa shape index (κ3) is 0.974. The summed E-state index contributed by atoms with van der Waals surface area (Å²) in [6.07, 6.45) is 2.47. The molecule has 0 amide bonds. The first-order chi connectivity index (χ1) is 5.70. The standard InChI is InChI=1S/C9H12O3/c1-5-6-3-2-4-7(10)8(6)9(11)12-5/h3,5,9-11H,2,4H2,1H3. The van der Waals surface area contributed by atoms with E-state index >= 15 is 0 Å². The largest absolute Gasteiger partial charge is 0.512 e. The molecule has 3 heteroatoms. The summed E-state index contributed by atoms with van der Waals surface area (Å²) >= 11 is 0. The number of hydrogen-bond donors (Lipinski definition) is 2. The highest BCUT2D eigenvalue weighted by molar-refractivity contribution is 5.43. The molecule has 0 saturated carbocycles. The van der Waals surface area contributed by atoms with Gasteiger partial charge in [0, 0.05) is 6.42 Å². The molecule has 2 rings (SSSR count). The molecule has 0 spiro atoms. The Balaban J connectivity index is 2.43. The van der Waals surface area contributed by atoms with Gasteiger partial charge in [0.05, 0.1) is 11.7 Å². The van der Waals surface area contributed by atoms with Gasteiger partial charge in [-0.05, 0) is 18.9 Å². The summed E-state index contributed by atoms with van der Waals surface area (Å²) < 4.78 is 5.15. The van der Waals surface area contributed by atoms with Gasteiger partial charge >= 0.3 is 0 Å². The molecule has 2 atom stereocenters. The van der Waals surface area contributed by atoms with Crippen LogP contribution in [0.4, 0.5) is 0 Å². The summed E-state index contributed by atoms with van der Waals surface area (Å²) in [4.78, 5) is 0. The van der Waals surface area contributed by atoms with Crippen LogP contribution in [0.5, 0.6) is 0 Å². The molecule has 0 aromatic rings. The molecule has 2 unspecified atom stereocenters. The number of ether oxygens (including phenoxy) is 1. The van der Waals surface area contributed by atoms with Crippen molar-refractivity contribution in [1.82, 2.24) is 0 Å². The minimum absolute atomic E-state index is 0.0857. The van der Waals surface area contributed by atoms with Crippen molar-refractivity contribution >= 4 is 0 Å². The van der Waals surface area contributed by atoms with E-state index in [4.69, 9.17) is 4.74 Å². The Morgan fingerprint density at radius 1 is 1.58 bits per heavy atom. The van der Waals surface area contributed by atoms with Crippen LogP contribution < -0.4 is 0 Å². The molecular formula is C9H12O3. The molecule has 0 aromatic carbocycles. The Kier molecular flexibility index (Phi) is 1.70. The van der Waals surface area contributed by atoms with E-state index in [1.165, 1.54) is 0 Å². The summed E-state index contributed by atoms with van der Waals surface area (Å²) in [6, 6.07) is 0. The van der Waals surface area contributed by atoms with E-state index in [0.29, 0.717) is 12.0 Å². The van der Waals surface area contributed by atoms with Crippen LogP contribution in [-0.4, -0.2) is 22.6 Å². The zero-order valence-electron chi connectivity index (χ0n) is 6.95. The normalized spacial score (nSPS) is 35.0. The average molecular weight is 168 g/mol. The maximum atomic E-state index is 9.47. The van der Waals surface area contributed by atoms with Crippen molar-refractivity contribution in [2.45, 2.75) is 32.2 Å². The van der Waals surface area contributed by atoms with Gasteiger partial charge in [-0.2, -0.15) is 0 Å². The molecule has 0 bridgehead atoms. The van der Waals surface area contributed by atoms with E-state index in [1.807, 2.05) is 13.0 Å². The lowest BCUT2D eigenvalue weighted by Crippen LogP contribution is -2.09. The zero-order chi connectivity index (χ0) is 8.72. The zero-order valence-corrected chi connectivity index (χ0v) is 6.95. The van der Waals surface area contributed by atoms with E-state index in [-0.39, 0.29) is 11.9 Å². The lowest BCUT2D eigenvalue weighted by atomic mass is 9.95. The van der Waals surface area contributed by atoms with Gasteiger partial charge in [0.15, 0.2) is 6.29 Å². The van der Waals surface area contributed by atoms with Crippen LogP contribution in [0.1, 0.15) is 19.8 Å². The number of fused-ring (bicyclic) bond motifs is 1. The Morgan fingerprint density at radius 3 is 3.00 bits per heavy atom. The van der Waals surface area contributed by atoms with E-state index < -0.39 is 6.29 Å². The highest BCUT2D eigenvalue weighted by Gasteiger charge is 2.34. The van der Waals surface area contributed by atoms with Gasteiger partial charge in [-0.15, -0.1) is 0 Å². The molecule has 1 aliphatic heterocycles. The number of aliphatic hydroxyl groups is 2. The van der Waals surface area contributed by atoms with E-state index in [1.54, 1.807) is 0 Å². The predicted octanol–water partition coefficient (Wildman–Crippen LogP) is 1.26. The minimum atomic E-state index is -0.924. The van der Waals surface area contributed by atoms with E-state index in [2.05, 4.69) is 0 Å². The summed E-state index contributed by atoms with van der Waals surface area (Å²) in [6.45, 7) is 1.88. The smallest absolute Gasteiger partial charge is 0.185 e. The molecule has 1 fully saturated rings. The van der Waals surface area contributed by atoms with Crippen LogP contribution in [0.3, 0.4) is 0 Å². The summed E-state index contributed by atoms with van der Waals surface area (Å²) in [5, 5.41) is 18.9. The molecular weight excluding hydrogens is 156 g/mol. The molecule has 0 aromatic heterocycles. The molecule has 2 aliphatic rings. The van der Waals surface area contributed by atoms with Gasteiger partial charge in [0.25, 0.3) is 0 Å². The Hall–Kier alpha value is -0.800. The fourth-order valence-corrected chi connectivity index (χ4v) is 1.78. The maximum Gasteiger partial charge on any atom is 0.185 e. The number of aliphatic hydroxyl groups excluding tert-OH is 2.